The second kappa shape index (κ2) is 17.3. The third kappa shape index (κ3) is 7.80. The number of unbranched alkanes of at least 4 members (excludes halogenated alkanes) is 1. The van der Waals surface area contributed by atoms with E-state index in [2.05, 4.69) is 19.2 Å². The first-order valence-corrected chi connectivity index (χ1v) is 43.8. The standard InChI is InChI=1S/C41H75NO13Si9/c1-56(2,34-18-17-33-42)43-62-46-58(37-23-7-8-24-37,38-25-9-10-26-38)47-64(55-62)51-60(40-29-13-14-30-40)48-59(39-27-11-12-28-39)44-57(35-19-3-4-20-35,36-21-5-6-22-36)45-63(49-59,50-60)53-61(52-62,54-64)41-31-15-16-32-41/h35-41H,3-32,34H2,1-2H3. The normalized spacial score (nSPS) is 43.6. The summed E-state index contributed by atoms with van der Waals surface area (Å²) in [6, 6.07) is 3.16. The van der Waals surface area contributed by atoms with Crippen LogP contribution in [-0.4, -0.2) is 79.0 Å². The average molecular weight is 1040 g/mol. The van der Waals surface area contributed by atoms with E-state index in [1.807, 2.05) is 0 Å². The Morgan fingerprint density at radius 3 is 1.12 bits per heavy atom. The molecular weight excluding hydrogens is 967 g/mol. The molecule has 6 atom stereocenters. The summed E-state index contributed by atoms with van der Waals surface area (Å²) < 4.78 is 104. The first kappa shape index (κ1) is 46.0. The first-order valence-electron chi connectivity index (χ1n) is 26.5. The minimum Gasteiger partial charge on any atom is -0.395 e. The summed E-state index contributed by atoms with van der Waals surface area (Å²) in [5.74, 6) is 0. The topological polar surface area (TPSA) is 144 Å². The monoisotopic (exact) mass is 1040 g/mol. The van der Waals surface area contributed by atoms with E-state index in [1.165, 1.54) is 25.7 Å². The second-order valence-electron chi connectivity index (χ2n) is 22.7. The number of nitriles is 1. The Bertz CT molecular complexity index is 1740. The number of nitrogens with zero attached hydrogens (tertiary/aromatic N) is 1. The molecule has 6 unspecified atom stereocenters. The zero-order valence-corrected chi connectivity index (χ0v) is 47.7. The van der Waals surface area contributed by atoms with Gasteiger partial charge in [0.1, 0.15) is 0 Å². The van der Waals surface area contributed by atoms with Gasteiger partial charge < -0.3 is 53.5 Å². The number of fused-ring (bicyclic) bond motifs is 4. The highest BCUT2D eigenvalue weighted by molar-refractivity contribution is 7.05. The van der Waals surface area contributed by atoms with E-state index in [0.717, 1.165) is 167 Å². The molecule has 5 saturated heterocycles. The summed E-state index contributed by atoms with van der Waals surface area (Å²) in [7, 11) is -33.6. The van der Waals surface area contributed by atoms with Gasteiger partial charge in [0.25, 0.3) is 0 Å². The maximum atomic E-state index is 9.65. The predicted molar refractivity (Wildman–Crippen MR) is 253 cm³/mol. The van der Waals surface area contributed by atoms with Crippen molar-refractivity contribution in [1.82, 2.24) is 0 Å². The van der Waals surface area contributed by atoms with Crippen LogP contribution in [0.5, 0.6) is 0 Å². The molecule has 7 saturated carbocycles. The predicted octanol–water partition coefficient (Wildman–Crippen LogP) is 11.4. The maximum Gasteiger partial charge on any atom is 0.649 e. The molecule has 14 nitrogen and oxygen atoms in total. The molecule has 0 aromatic heterocycles. The first-order chi connectivity index (χ1) is 31.0. The highest BCUT2D eigenvalue weighted by Crippen LogP contribution is 2.66. The largest absolute Gasteiger partial charge is 0.649 e. The van der Waals surface area contributed by atoms with Crippen LogP contribution in [0.4, 0.5) is 0 Å². The fourth-order valence-electron chi connectivity index (χ4n) is 15.0. The van der Waals surface area contributed by atoms with Gasteiger partial charge >= 0.3 is 70.7 Å². The fraction of sp³-hybridized carbons (Fsp3) is 0.976. The van der Waals surface area contributed by atoms with E-state index in [1.54, 1.807) is 0 Å². The summed E-state index contributed by atoms with van der Waals surface area (Å²) in [4.78, 5) is 0. The maximum absolute atomic E-state index is 9.65. The van der Waals surface area contributed by atoms with Gasteiger partial charge in [-0.2, -0.15) is 5.26 Å². The van der Waals surface area contributed by atoms with Crippen molar-refractivity contribution in [2.24, 2.45) is 0 Å². The number of rotatable bonds is 12. The average Bonchev–Trinajstić information content (AvgIpc) is 4.13. The van der Waals surface area contributed by atoms with Crippen molar-refractivity contribution in [3.8, 4) is 6.07 Å². The summed E-state index contributed by atoms with van der Waals surface area (Å²) in [5, 5.41) is 9.65. The smallest absolute Gasteiger partial charge is 0.395 e. The molecule has 5 aliphatic heterocycles. The SMILES string of the molecule is C[Si](C)(CCCC#N)O[Si]12O[Si]3(O[Si](C4CCCC4)(O1)O[Si]14O[Si](C5CCCC5)(O3)O[Si](C3CCCC3)(O1)O[Si](C1CCCC1)(C1CCCC1)O4)O[Si](C1CCCC1)(C1CCCC1)O2. The zero-order valence-electron chi connectivity index (χ0n) is 38.7. The van der Waals surface area contributed by atoms with Crippen LogP contribution in [0.1, 0.15) is 193 Å². The van der Waals surface area contributed by atoms with E-state index >= 15 is 0 Å². The van der Waals surface area contributed by atoms with Gasteiger partial charge in [0.2, 0.25) is 0 Å². The summed E-state index contributed by atoms with van der Waals surface area (Å²) in [5.41, 5.74) is 1.24. The third-order valence-corrected chi connectivity index (χ3v) is 60.7. The van der Waals surface area contributed by atoms with Gasteiger partial charge in [-0.05, 0) is 115 Å². The molecule has 64 heavy (non-hydrogen) atoms. The molecule has 7 aliphatic carbocycles. The number of hydrogen-bond acceptors (Lipinski definition) is 14. The van der Waals surface area contributed by atoms with Gasteiger partial charge in [0.05, 0.1) is 6.07 Å². The van der Waals surface area contributed by atoms with Crippen molar-refractivity contribution < 1.29 is 53.5 Å². The minimum absolute atomic E-state index is 0.00805. The highest BCUT2D eigenvalue weighted by Gasteiger charge is 2.91. The van der Waals surface area contributed by atoms with Crippen molar-refractivity contribution in [2.75, 3.05) is 0 Å². The van der Waals surface area contributed by atoms with Crippen LogP contribution in [0.2, 0.25) is 57.9 Å². The lowest BCUT2D eigenvalue weighted by Gasteiger charge is -2.66. The molecule has 0 aromatic carbocycles. The zero-order chi connectivity index (χ0) is 43.4. The van der Waals surface area contributed by atoms with Crippen molar-refractivity contribution in [3.05, 3.63) is 0 Å². The van der Waals surface area contributed by atoms with Gasteiger partial charge in [0.15, 0.2) is 8.32 Å². The van der Waals surface area contributed by atoms with Crippen LogP contribution in [0.3, 0.4) is 0 Å². The van der Waals surface area contributed by atoms with Crippen LogP contribution < -0.4 is 0 Å². The molecule has 0 amide bonds. The second-order valence-corrected chi connectivity index (χ2v) is 52.6. The Morgan fingerprint density at radius 2 is 0.734 bits per heavy atom. The molecule has 0 N–H and O–H groups in total. The van der Waals surface area contributed by atoms with Gasteiger partial charge in [-0.25, -0.2) is 0 Å². The van der Waals surface area contributed by atoms with Crippen LogP contribution >= 0.6 is 0 Å². The molecule has 12 rings (SSSR count). The Kier molecular flexibility index (Phi) is 12.4. The van der Waals surface area contributed by atoms with E-state index in [4.69, 9.17) is 53.5 Å². The summed E-state index contributed by atoms with van der Waals surface area (Å²) in [6.07, 6.45) is 31.5. The minimum atomic E-state index is -4.36. The molecule has 0 aromatic rings. The van der Waals surface area contributed by atoms with E-state index < -0.39 is 79.0 Å². The van der Waals surface area contributed by atoms with Crippen molar-refractivity contribution in [2.45, 2.75) is 251 Å². The Morgan fingerprint density at radius 1 is 0.406 bits per heavy atom. The molecule has 23 heteroatoms. The van der Waals surface area contributed by atoms with Gasteiger partial charge in [-0.1, -0.05) is 89.9 Å². The van der Waals surface area contributed by atoms with Crippen molar-refractivity contribution in [1.29, 1.82) is 5.26 Å². The van der Waals surface area contributed by atoms with Crippen LogP contribution in [0.15, 0.2) is 0 Å². The Balaban J connectivity index is 1.07. The van der Waals surface area contributed by atoms with E-state index in [0.29, 0.717) is 17.5 Å². The quantitative estimate of drug-likeness (QED) is 0.135. The summed E-state index contributed by atoms with van der Waals surface area (Å²) >= 11 is 0. The molecule has 12 aliphatic rings. The lowest BCUT2D eigenvalue weighted by atomic mass is 10.3. The van der Waals surface area contributed by atoms with Gasteiger partial charge in [-0.3, -0.25) is 0 Å². The molecule has 5 heterocycles. The highest BCUT2D eigenvalue weighted by atomic mass is 28.7. The van der Waals surface area contributed by atoms with E-state index in [-0.39, 0.29) is 27.7 Å². The lowest BCUT2D eigenvalue weighted by Crippen LogP contribution is -2.93. The molecule has 6 bridgehead atoms. The molecule has 0 radical (unpaired) electrons. The van der Waals surface area contributed by atoms with Crippen LogP contribution in [0, 0.1) is 11.3 Å². The molecule has 358 valence electrons. The van der Waals surface area contributed by atoms with Crippen molar-refractivity contribution >= 4 is 79.0 Å². The van der Waals surface area contributed by atoms with Gasteiger partial charge in [0, 0.05) is 45.2 Å². The molecule has 12 fully saturated rings. The number of hydrogen-bond donors (Lipinski definition) is 0. The fourth-order valence-corrected chi connectivity index (χ4v) is 73.4. The molecule has 2 spiro atoms. The van der Waals surface area contributed by atoms with Crippen molar-refractivity contribution in [3.63, 3.8) is 0 Å². The third-order valence-electron chi connectivity index (χ3n) is 18.0. The van der Waals surface area contributed by atoms with Crippen LogP contribution in [-0.2, 0) is 53.5 Å². The van der Waals surface area contributed by atoms with Gasteiger partial charge in [-0.15, -0.1) is 0 Å². The molecular formula is C41H75NO13Si9. The van der Waals surface area contributed by atoms with E-state index in [9.17, 15) is 5.26 Å². The summed E-state index contributed by atoms with van der Waals surface area (Å²) in [6.45, 7) is 4.49. The Hall–Kier alpha value is 0.922. The Labute approximate surface area is 392 Å². The van der Waals surface area contributed by atoms with Crippen LogP contribution in [0.25, 0.3) is 0 Å². The lowest BCUT2D eigenvalue weighted by molar-refractivity contribution is -0.0939.